The van der Waals surface area contributed by atoms with Crippen LogP contribution in [-0.2, 0) is 25.3 Å². The van der Waals surface area contributed by atoms with E-state index in [0.29, 0.717) is 6.42 Å². The van der Waals surface area contributed by atoms with Crippen LogP contribution in [0.15, 0.2) is 23.7 Å². The third kappa shape index (κ3) is 4.87. The number of carbonyl (C=O) groups excluding carboxylic acids is 2. The van der Waals surface area contributed by atoms with Crippen LogP contribution in [0.1, 0.15) is 59.6 Å². The van der Waals surface area contributed by atoms with Gasteiger partial charge in [-0.2, -0.15) is 0 Å². The SMILES string of the molecule is CC(C)(C)OC(=O)NCC(=Cc1cccc2c1NC(=O)C2)B1OC(C)(C)C(C)(C)O1. The largest absolute Gasteiger partial charge is 0.492 e. The monoisotopic (exact) mass is 414 g/mol. The summed E-state index contributed by atoms with van der Waals surface area (Å²) in [7, 11) is -0.641. The van der Waals surface area contributed by atoms with E-state index in [-0.39, 0.29) is 12.5 Å². The minimum absolute atomic E-state index is 0.0325. The quantitative estimate of drug-likeness (QED) is 0.734. The van der Waals surface area contributed by atoms with Crippen LogP contribution in [0.2, 0.25) is 0 Å². The van der Waals surface area contributed by atoms with Crippen molar-refractivity contribution in [2.45, 2.75) is 71.7 Å². The molecule has 2 N–H and O–H groups in total. The van der Waals surface area contributed by atoms with Crippen LogP contribution in [0.4, 0.5) is 10.5 Å². The molecule has 8 heteroatoms. The van der Waals surface area contributed by atoms with Gasteiger partial charge >= 0.3 is 13.2 Å². The average molecular weight is 414 g/mol. The molecule has 0 atom stereocenters. The van der Waals surface area contributed by atoms with Crippen LogP contribution in [0.5, 0.6) is 0 Å². The Morgan fingerprint density at radius 1 is 1.23 bits per heavy atom. The Hall–Kier alpha value is -2.32. The summed E-state index contributed by atoms with van der Waals surface area (Å²) in [6.45, 7) is 13.5. The van der Waals surface area contributed by atoms with E-state index in [1.165, 1.54) is 0 Å². The first kappa shape index (κ1) is 22.4. The smallest absolute Gasteiger partial charge is 0.444 e. The zero-order chi connectivity index (χ0) is 22.3. The molecule has 3 rings (SSSR count). The van der Waals surface area contributed by atoms with Crippen molar-refractivity contribution >= 4 is 30.9 Å². The number of hydrogen-bond acceptors (Lipinski definition) is 5. The van der Waals surface area contributed by atoms with Crippen molar-refractivity contribution in [2.75, 3.05) is 11.9 Å². The third-order valence-corrected chi connectivity index (χ3v) is 5.53. The molecule has 1 saturated heterocycles. The Balaban J connectivity index is 1.89. The second-order valence-electron chi connectivity index (χ2n) is 9.77. The molecule has 30 heavy (non-hydrogen) atoms. The first-order chi connectivity index (χ1) is 13.8. The third-order valence-electron chi connectivity index (χ3n) is 5.53. The number of para-hydroxylation sites is 1. The van der Waals surface area contributed by atoms with E-state index in [1.807, 2.05) is 72.7 Å². The highest BCUT2D eigenvalue weighted by Gasteiger charge is 2.52. The number of nitrogens with one attached hydrogen (secondary N) is 2. The maximum absolute atomic E-state index is 12.2. The Labute approximate surface area is 178 Å². The van der Waals surface area contributed by atoms with Crippen LogP contribution in [0.25, 0.3) is 6.08 Å². The lowest BCUT2D eigenvalue weighted by molar-refractivity contribution is -0.115. The standard InChI is InChI=1S/C22H31BN2O5/c1-20(2,3)28-19(27)24-13-16(23-29-21(4,5)22(6,7)30-23)11-14-9-8-10-15-12-17(26)25-18(14)15/h8-11H,12-13H2,1-7H3,(H,24,27)(H,25,26). The summed E-state index contributed by atoms with van der Waals surface area (Å²) < 4.78 is 17.8. The minimum Gasteiger partial charge on any atom is -0.444 e. The lowest BCUT2D eigenvalue weighted by atomic mass is 9.76. The summed E-state index contributed by atoms with van der Waals surface area (Å²) in [5.74, 6) is -0.0325. The molecule has 1 aromatic rings. The highest BCUT2D eigenvalue weighted by Crippen LogP contribution is 2.39. The highest BCUT2D eigenvalue weighted by atomic mass is 16.7. The fraction of sp³-hybridized carbons (Fsp3) is 0.545. The number of alkyl carbamates (subject to hydrolysis) is 1. The Kier molecular flexibility index (Phi) is 5.77. The summed E-state index contributed by atoms with van der Waals surface area (Å²) in [4.78, 5) is 24.1. The van der Waals surface area contributed by atoms with Crippen LogP contribution < -0.4 is 10.6 Å². The molecule has 0 aliphatic carbocycles. The van der Waals surface area contributed by atoms with E-state index in [0.717, 1.165) is 22.3 Å². The van der Waals surface area contributed by atoms with Gasteiger partial charge in [0, 0.05) is 6.54 Å². The van der Waals surface area contributed by atoms with Gasteiger partial charge in [-0.3, -0.25) is 4.79 Å². The van der Waals surface area contributed by atoms with Gasteiger partial charge in [-0.05, 0) is 65.1 Å². The van der Waals surface area contributed by atoms with Gasteiger partial charge in [0.1, 0.15) is 5.60 Å². The molecule has 0 spiro atoms. The number of amides is 2. The first-order valence-corrected chi connectivity index (χ1v) is 10.2. The second-order valence-corrected chi connectivity index (χ2v) is 9.77. The molecule has 2 aliphatic rings. The maximum atomic E-state index is 12.2. The fourth-order valence-electron chi connectivity index (χ4n) is 3.28. The van der Waals surface area contributed by atoms with E-state index in [9.17, 15) is 9.59 Å². The molecule has 0 bridgehead atoms. The summed E-state index contributed by atoms with van der Waals surface area (Å²) >= 11 is 0. The van der Waals surface area contributed by atoms with Crippen molar-refractivity contribution in [3.05, 3.63) is 34.8 Å². The van der Waals surface area contributed by atoms with Gasteiger partial charge in [0.05, 0.1) is 23.3 Å². The number of hydrogen-bond donors (Lipinski definition) is 2. The number of carbonyl (C=O) groups is 2. The second kappa shape index (κ2) is 7.74. The summed E-state index contributed by atoms with van der Waals surface area (Å²) in [6.07, 6.45) is 1.75. The number of benzene rings is 1. The Bertz CT molecular complexity index is 870. The Morgan fingerprint density at radius 2 is 1.87 bits per heavy atom. The molecular weight excluding hydrogens is 383 g/mol. The number of ether oxygens (including phenoxy) is 1. The van der Waals surface area contributed by atoms with Gasteiger partial charge in [-0.25, -0.2) is 4.79 Å². The van der Waals surface area contributed by atoms with Crippen molar-refractivity contribution < 1.29 is 23.6 Å². The molecule has 0 saturated carbocycles. The summed E-state index contributed by atoms with van der Waals surface area (Å²) in [5, 5.41) is 5.70. The molecule has 7 nitrogen and oxygen atoms in total. The van der Waals surface area contributed by atoms with E-state index in [1.54, 1.807) is 0 Å². The first-order valence-electron chi connectivity index (χ1n) is 10.2. The van der Waals surface area contributed by atoms with Crippen molar-refractivity contribution in [1.82, 2.24) is 5.32 Å². The van der Waals surface area contributed by atoms with Gasteiger partial charge in [-0.1, -0.05) is 24.3 Å². The van der Waals surface area contributed by atoms with Crippen molar-refractivity contribution in [3.63, 3.8) is 0 Å². The topological polar surface area (TPSA) is 85.9 Å². The molecule has 2 heterocycles. The van der Waals surface area contributed by atoms with E-state index in [4.69, 9.17) is 14.0 Å². The van der Waals surface area contributed by atoms with Crippen LogP contribution >= 0.6 is 0 Å². The zero-order valence-electron chi connectivity index (χ0n) is 18.8. The molecule has 0 unspecified atom stereocenters. The number of anilines is 1. The van der Waals surface area contributed by atoms with Crippen molar-refractivity contribution in [2.24, 2.45) is 0 Å². The maximum Gasteiger partial charge on any atom is 0.492 e. The average Bonchev–Trinajstić information content (AvgIpc) is 3.06. The van der Waals surface area contributed by atoms with Crippen LogP contribution in [-0.4, -0.2) is 42.5 Å². The fourth-order valence-corrected chi connectivity index (χ4v) is 3.28. The lowest BCUT2D eigenvalue weighted by Crippen LogP contribution is -2.41. The molecule has 0 radical (unpaired) electrons. The lowest BCUT2D eigenvalue weighted by Gasteiger charge is -2.32. The van der Waals surface area contributed by atoms with Gasteiger partial charge in [0.2, 0.25) is 5.91 Å². The molecule has 0 aromatic heterocycles. The normalized spacial score (nSPS) is 20.0. The summed E-state index contributed by atoms with van der Waals surface area (Å²) in [6, 6.07) is 5.76. The Morgan fingerprint density at radius 3 is 2.47 bits per heavy atom. The number of rotatable bonds is 4. The summed E-state index contributed by atoms with van der Waals surface area (Å²) in [5.41, 5.74) is 1.67. The zero-order valence-corrected chi connectivity index (χ0v) is 18.8. The van der Waals surface area contributed by atoms with Gasteiger partial charge in [-0.15, -0.1) is 0 Å². The van der Waals surface area contributed by atoms with Gasteiger partial charge in [0.15, 0.2) is 0 Å². The van der Waals surface area contributed by atoms with Crippen LogP contribution in [0.3, 0.4) is 0 Å². The molecule has 2 aliphatic heterocycles. The van der Waals surface area contributed by atoms with Gasteiger partial charge < -0.3 is 24.7 Å². The van der Waals surface area contributed by atoms with E-state index >= 15 is 0 Å². The van der Waals surface area contributed by atoms with E-state index in [2.05, 4.69) is 10.6 Å². The van der Waals surface area contributed by atoms with E-state index < -0.39 is 30.0 Å². The molecular formula is C22H31BN2O5. The van der Waals surface area contributed by atoms with Crippen LogP contribution in [0, 0.1) is 0 Å². The number of fused-ring (bicyclic) bond motifs is 1. The molecule has 1 fully saturated rings. The predicted octanol–water partition coefficient (Wildman–Crippen LogP) is 3.72. The minimum atomic E-state index is -0.641. The molecule has 2 amide bonds. The highest BCUT2D eigenvalue weighted by molar-refractivity contribution is 6.56. The predicted molar refractivity (Wildman–Crippen MR) is 117 cm³/mol. The van der Waals surface area contributed by atoms with Crippen molar-refractivity contribution in [3.8, 4) is 0 Å². The van der Waals surface area contributed by atoms with Gasteiger partial charge in [0.25, 0.3) is 0 Å². The molecule has 1 aromatic carbocycles. The van der Waals surface area contributed by atoms with Crippen molar-refractivity contribution in [1.29, 1.82) is 0 Å². The molecule has 162 valence electrons.